The summed E-state index contributed by atoms with van der Waals surface area (Å²) in [5.41, 5.74) is 0.688. The number of aromatic nitrogens is 4. The van der Waals surface area contributed by atoms with Gasteiger partial charge in [-0.2, -0.15) is 0 Å². The maximum Gasteiger partial charge on any atom is 0.170 e. The Kier molecular flexibility index (Phi) is 4.24. The molecule has 1 aromatic carbocycles. The van der Waals surface area contributed by atoms with Gasteiger partial charge in [0.25, 0.3) is 0 Å². The minimum absolute atomic E-state index is 0.292. The van der Waals surface area contributed by atoms with Crippen LogP contribution in [0.4, 0.5) is 10.1 Å². The molecular weight excluding hydrogens is 301 g/mol. The third-order valence-electron chi connectivity index (χ3n) is 2.35. The molecule has 2 aromatic rings. The van der Waals surface area contributed by atoms with Crippen molar-refractivity contribution >= 4 is 21.6 Å². The van der Waals surface area contributed by atoms with Crippen LogP contribution in [0.5, 0.6) is 0 Å². The van der Waals surface area contributed by atoms with Gasteiger partial charge in [-0.3, -0.25) is 0 Å². The number of benzene rings is 1. The molecule has 0 spiro atoms. The molecule has 0 aliphatic heterocycles. The van der Waals surface area contributed by atoms with Gasteiger partial charge in [0.05, 0.1) is 6.54 Å². The summed E-state index contributed by atoms with van der Waals surface area (Å²) < 4.78 is 15.6. The maximum absolute atomic E-state index is 13.2. The SMILES string of the molecule is CCCn1nnnc1CNc1cc(F)cc(Br)c1. The summed E-state index contributed by atoms with van der Waals surface area (Å²) in [6.07, 6.45) is 0.962. The zero-order valence-corrected chi connectivity index (χ0v) is 11.5. The van der Waals surface area contributed by atoms with Crippen LogP contribution in [0.25, 0.3) is 0 Å². The van der Waals surface area contributed by atoms with E-state index in [4.69, 9.17) is 0 Å². The van der Waals surface area contributed by atoms with Crippen LogP contribution in [0, 0.1) is 5.82 Å². The quantitative estimate of drug-likeness (QED) is 0.922. The molecule has 18 heavy (non-hydrogen) atoms. The van der Waals surface area contributed by atoms with E-state index in [1.54, 1.807) is 10.7 Å². The minimum Gasteiger partial charge on any atom is -0.378 e. The number of hydrogen-bond acceptors (Lipinski definition) is 4. The van der Waals surface area contributed by atoms with Crippen LogP contribution in [0.3, 0.4) is 0 Å². The number of rotatable bonds is 5. The van der Waals surface area contributed by atoms with Gasteiger partial charge in [-0.25, -0.2) is 9.07 Å². The minimum atomic E-state index is -0.292. The van der Waals surface area contributed by atoms with Gasteiger partial charge in [0, 0.05) is 16.7 Å². The zero-order chi connectivity index (χ0) is 13.0. The van der Waals surface area contributed by atoms with Crippen molar-refractivity contribution in [2.24, 2.45) is 0 Å². The van der Waals surface area contributed by atoms with E-state index >= 15 is 0 Å². The molecule has 0 radical (unpaired) electrons. The highest BCUT2D eigenvalue weighted by molar-refractivity contribution is 9.10. The van der Waals surface area contributed by atoms with Gasteiger partial charge >= 0.3 is 0 Å². The second-order valence-corrected chi connectivity index (χ2v) is 4.75. The van der Waals surface area contributed by atoms with Gasteiger partial charge in [0.15, 0.2) is 5.82 Å². The molecular formula is C11H13BrFN5. The molecule has 96 valence electrons. The summed E-state index contributed by atoms with van der Waals surface area (Å²) in [5, 5.41) is 14.5. The van der Waals surface area contributed by atoms with E-state index in [-0.39, 0.29) is 5.82 Å². The largest absolute Gasteiger partial charge is 0.378 e. The molecule has 7 heteroatoms. The molecule has 0 unspecified atom stereocenters. The summed E-state index contributed by atoms with van der Waals surface area (Å²) in [6, 6.07) is 4.64. The molecule has 1 aromatic heterocycles. The third kappa shape index (κ3) is 3.25. The lowest BCUT2D eigenvalue weighted by Crippen LogP contribution is -2.10. The number of hydrogen-bond donors (Lipinski definition) is 1. The van der Waals surface area contributed by atoms with Crippen molar-refractivity contribution in [3.05, 3.63) is 34.3 Å². The Labute approximate surface area is 113 Å². The fraction of sp³-hybridized carbons (Fsp3) is 0.364. The van der Waals surface area contributed by atoms with Crippen LogP contribution in [0.15, 0.2) is 22.7 Å². The Morgan fingerprint density at radius 2 is 2.22 bits per heavy atom. The summed E-state index contributed by atoms with van der Waals surface area (Å²) >= 11 is 3.25. The highest BCUT2D eigenvalue weighted by Crippen LogP contribution is 2.18. The van der Waals surface area contributed by atoms with Crippen molar-refractivity contribution in [2.45, 2.75) is 26.4 Å². The number of tetrazole rings is 1. The average Bonchev–Trinajstić information content (AvgIpc) is 2.73. The van der Waals surface area contributed by atoms with Crippen LogP contribution in [-0.2, 0) is 13.1 Å². The van der Waals surface area contributed by atoms with Gasteiger partial charge in [-0.05, 0) is 35.0 Å². The summed E-state index contributed by atoms with van der Waals surface area (Å²) in [4.78, 5) is 0. The first-order chi connectivity index (χ1) is 8.69. The van der Waals surface area contributed by atoms with Gasteiger partial charge in [0.2, 0.25) is 0 Å². The number of aryl methyl sites for hydroxylation is 1. The molecule has 0 atom stereocenters. The molecule has 1 N–H and O–H groups in total. The number of halogens is 2. The Morgan fingerprint density at radius 1 is 1.39 bits per heavy atom. The summed E-state index contributed by atoms with van der Waals surface area (Å²) in [5.74, 6) is 0.442. The third-order valence-corrected chi connectivity index (χ3v) is 2.81. The number of nitrogens with one attached hydrogen (secondary N) is 1. The van der Waals surface area contributed by atoms with E-state index in [1.165, 1.54) is 12.1 Å². The topological polar surface area (TPSA) is 55.6 Å². The van der Waals surface area contributed by atoms with Crippen molar-refractivity contribution in [1.82, 2.24) is 20.2 Å². The Balaban J connectivity index is 2.04. The standard InChI is InChI=1S/C11H13BrFN5/c1-2-3-18-11(15-16-17-18)7-14-10-5-8(12)4-9(13)6-10/h4-6,14H,2-3,7H2,1H3. The van der Waals surface area contributed by atoms with Crippen LogP contribution in [-0.4, -0.2) is 20.2 Å². The molecule has 0 saturated heterocycles. The molecule has 0 amide bonds. The first-order valence-corrected chi connectivity index (χ1v) is 6.43. The zero-order valence-electron chi connectivity index (χ0n) is 9.90. The Morgan fingerprint density at radius 3 is 2.94 bits per heavy atom. The van der Waals surface area contributed by atoms with E-state index in [9.17, 15) is 4.39 Å². The molecule has 0 aliphatic carbocycles. The van der Waals surface area contributed by atoms with E-state index in [1.807, 2.05) is 0 Å². The van der Waals surface area contributed by atoms with Crippen molar-refractivity contribution < 1.29 is 4.39 Å². The predicted octanol–water partition coefficient (Wildman–Crippen LogP) is 2.60. The van der Waals surface area contributed by atoms with E-state index in [0.717, 1.165) is 18.8 Å². The first-order valence-electron chi connectivity index (χ1n) is 5.64. The van der Waals surface area contributed by atoms with E-state index in [0.29, 0.717) is 16.7 Å². The highest BCUT2D eigenvalue weighted by Gasteiger charge is 2.05. The van der Waals surface area contributed by atoms with Crippen LogP contribution < -0.4 is 5.32 Å². The van der Waals surface area contributed by atoms with Crippen molar-refractivity contribution in [1.29, 1.82) is 0 Å². The van der Waals surface area contributed by atoms with Gasteiger partial charge in [-0.15, -0.1) is 5.10 Å². The van der Waals surface area contributed by atoms with Gasteiger partial charge in [0.1, 0.15) is 5.82 Å². The van der Waals surface area contributed by atoms with E-state index < -0.39 is 0 Å². The monoisotopic (exact) mass is 313 g/mol. The fourth-order valence-electron chi connectivity index (χ4n) is 1.57. The fourth-order valence-corrected chi connectivity index (χ4v) is 2.04. The summed E-state index contributed by atoms with van der Waals surface area (Å²) in [7, 11) is 0. The molecule has 2 rings (SSSR count). The smallest absolute Gasteiger partial charge is 0.170 e. The second kappa shape index (κ2) is 5.90. The molecule has 0 bridgehead atoms. The van der Waals surface area contributed by atoms with Crippen molar-refractivity contribution in [3.63, 3.8) is 0 Å². The predicted molar refractivity (Wildman–Crippen MR) is 69.5 cm³/mol. The Hall–Kier alpha value is -1.50. The first kappa shape index (κ1) is 12.9. The second-order valence-electron chi connectivity index (χ2n) is 3.83. The number of nitrogens with zero attached hydrogens (tertiary/aromatic N) is 4. The number of anilines is 1. The average molecular weight is 314 g/mol. The lowest BCUT2D eigenvalue weighted by Gasteiger charge is -2.07. The van der Waals surface area contributed by atoms with Gasteiger partial charge < -0.3 is 5.32 Å². The molecule has 5 nitrogen and oxygen atoms in total. The van der Waals surface area contributed by atoms with E-state index in [2.05, 4.69) is 43.7 Å². The molecule has 1 heterocycles. The summed E-state index contributed by atoms with van der Waals surface area (Å²) in [6.45, 7) is 3.29. The Bertz CT molecular complexity index is 508. The molecule has 0 saturated carbocycles. The van der Waals surface area contributed by atoms with Crippen LogP contribution >= 0.6 is 15.9 Å². The van der Waals surface area contributed by atoms with Gasteiger partial charge in [-0.1, -0.05) is 22.9 Å². The van der Waals surface area contributed by atoms with Crippen LogP contribution in [0.2, 0.25) is 0 Å². The molecule has 0 aliphatic rings. The van der Waals surface area contributed by atoms with Crippen molar-refractivity contribution in [2.75, 3.05) is 5.32 Å². The maximum atomic E-state index is 13.2. The van der Waals surface area contributed by atoms with Crippen molar-refractivity contribution in [3.8, 4) is 0 Å². The van der Waals surface area contributed by atoms with Crippen LogP contribution in [0.1, 0.15) is 19.2 Å². The molecule has 0 fully saturated rings. The normalized spacial score (nSPS) is 10.6. The highest BCUT2D eigenvalue weighted by atomic mass is 79.9. The lowest BCUT2D eigenvalue weighted by atomic mass is 10.3. The lowest BCUT2D eigenvalue weighted by molar-refractivity contribution is 0.558.